The van der Waals surface area contributed by atoms with E-state index in [0.717, 1.165) is 27.5 Å². The van der Waals surface area contributed by atoms with Crippen LogP contribution in [0.2, 0.25) is 0 Å². The van der Waals surface area contributed by atoms with Crippen LogP contribution >= 0.6 is 0 Å². The van der Waals surface area contributed by atoms with Gasteiger partial charge in [0.15, 0.2) is 6.04 Å². The minimum atomic E-state index is -1.29. The van der Waals surface area contributed by atoms with E-state index in [1.54, 1.807) is 19.1 Å². The number of amides is 3. The van der Waals surface area contributed by atoms with Crippen LogP contribution in [0.3, 0.4) is 0 Å². The molecule has 0 bridgehead atoms. The lowest BCUT2D eigenvalue weighted by atomic mass is 10.0. The first-order chi connectivity index (χ1) is 17.2. The van der Waals surface area contributed by atoms with E-state index in [1.165, 1.54) is 0 Å². The summed E-state index contributed by atoms with van der Waals surface area (Å²) in [7, 11) is 0. The van der Waals surface area contributed by atoms with E-state index in [-0.39, 0.29) is 11.3 Å². The molecule has 8 heteroatoms. The molecule has 8 nitrogen and oxygen atoms in total. The van der Waals surface area contributed by atoms with E-state index in [4.69, 9.17) is 4.74 Å². The maximum atomic E-state index is 13.4. The molecule has 1 unspecified atom stereocenters. The van der Waals surface area contributed by atoms with Crippen molar-refractivity contribution in [2.75, 3.05) is 10.6 Å². The summed E-state index contributed by atoms with van der Waals surface area (Å²) in [4.78, 5) is 38.4. The van der Waals surface area contributed by atoms with E-state index in [9.17, 15) is 19.5 Å². The minimum Gasteiger partial charge on any atom is -0.480 e. The Bertz CT molecular complexity index is 1320. The van der Waals surface area contributed by atoms with Crippen LogP contribution in [0.15, 0.2) is 48.5 Å². The van der Waals surface area contributed by atoms with Crippen LogP contribution in [0.1, 0.15) is 54.7 Å². The van der Waals surface area contributed by atoms with Crippen molar-refractivity contribution in [2.24, 2.45) is 0 Å². The summed E-state index contributed by atoms with van der Waals surface area (Å²) >= 11 is 0. The van der Waals surface area contributed by atoms with Gasteiger partial charge >= 0.3 is 12.0 Å². The van der Waals surface area contributed by atoms with Crippen LogP contribution in [-0.4, -0.2) is 40.8 Å². The Hall–Kier alpha value is -3.91. The number of rotatable bonds is 7. The van der Waals surface area contributed by atoms with Crippen LogP contribution in [-0.2, 0) is 9.53 Å². The summed E-state index contributed by atoms with van der Waals surface area (Å²) in [5, 5.41) is 19.6. The summed E-state index contributed by atoms with van der Waals surface area (Å²) in [6.07, 6.45) is -0.797. The number of hydrogen-bond donors (Lipinski definition) is 4. The first-order valence-electron chi connectivity index (χ1n) is 12.2. The second-order valence-electron chi connectivity index (χ2n) is 10.3. The third-order valence-corrected chi connectivity index (χ3v) is 5.86. The number of carbonyl (C=O) groups excluding carboxylic acids is 2. The van der Waals surface area contributed by atoms with Crippen molar-refractivity contribution in [3.63, 3.8) is 0 Å². The molecule has 0 aliphatic rings. The molecule has 37 heavy (non-hydrogen) atoms. The molecule has 0 saturated heterocycles. The first kappa shape index (κ1) is 27.7. The Balaban J connectivity index is 1.93. The molecule has 0 heterocycles. The number of carbonyl (C=O) groups is 3. The number of carboxylic acids is 1. The molecule has 196 valence electrons. The highest BCUT2D eigenvalue weighted by Gasteiger charge is 2.31. The van der Waals surface area contributed by atoms with Crippen molar-refractivity contribution in [1.82, 2.24) is 5.32 Å². The number of ether oxygens (including phenoxy) is 1. The number of benzene rings is 3. The third-order valence-electron chi connectivity index (χ3n) is 5.86. The Morgan fingerprint density at radius 1 is 0.892 bits per heavy atom. The van der Waals surface area contributed by atoms with Crippen molar-refractivity contribution >= 4 is 40.1 Å². The van der Waals surface area contributed by atoms with E-state index in [2.05, 4.69) is 16.0 Å². The highest BCUT2D eigenvalue weighted by atomic mass is 16.5. The maximum Gasteiger partial charge on any atom is 0.328 e. The molecule has 0 aliphatic carbocycles. The Labute approximate surface area is 217 Å². The summed E-state index contributed by atoms with van der Waals surface area (Å²) in [5.74, 6) is -1.86. The summed E-state index contributed by atoms with van der Waals surface area (Å²) in [5.41, 5.74) is 3.41. The topological polar surface area (TPSA) is 117 Å². The van der Waals surface area contributed by atoms with Gasteiger partial charge in [-0.15, -0.1) is 0 Å². The average Bonchev–Trinajstić information content (AvgIpc) is 2.77. The molecule has 0 aliphatic heterocycles. The molecule has 3 aromatic rings. The highest BCUT2D eigenvalue weighted by molar-refractivity contribution is 6.10. The van der Waals surface area contributed by atoms with Crippen molar-refractivity contribution < 1.29 is 24.2 Å². The van der Waals surface area contributed by atoms with Gasteiger partial charge in [0.25, 0.3) is 5.91 Å². The summed E-state index contributed by atoms with van der Waals surface area (Å²) < 4.78 is 5.78. The van der Waals surface area contributed by atoms with E-state index in [0.29, 0.717) is 5.69 Å². The first-order valence-corrected chi connectivity index (χ1v) is 12.2. The number of carboxylic acid groups (broad SMARTS) is 1. The lowest BCUT2D eigenvalue weighted by molar-refractivity contribution is -0.146. The third kappa shape index (κ3) is 7.07. The number of nitrogens with one attached hydrogen (secondary N) is 3. The van der Waals surface area contributed by atoms with Gasteiger partial charge in [0.2, 0.25) is 0 Å². The van der Waals surface area contributed by atoms with Gasteiger partial charge in [-0.3, -0.25) is 4.79 Å². The average molecular weight is 506 g/mol. The molecule has 3 rings (SSSR count). The molecule has 0 spiro atoms. The van der Waals surface area contributed by atoms with Gasteiger partial charge in [0.05, 0.1) is 23.0 Å². The van der Waals surface area contributed by atoms with Crippen LogP contribution in [0.4, 0.5) is 16.2 Å². The van der Waals surface area contributed by atoms with Gasteiger partial charge in [0, 0.05) is 5.69 Å². The van der Waals surface area contributed by atoms with E-state index < -0.39 is 35.7 Å². The van der Waals surface area contributed by atoms with Gasteiger partial charge < -0.3 is 25.8 Å². The number of hydrogen-bond acceptors (Lipinski definition) is 4. The lowest BCUT2D eigenvalue weighted by Gasteiger charge is -2.29. The quantitative estimate of drug-likeness (QED) is 0.324. The van der Waals surface area contributed by atoms with Crippen LogP contribution in [0.25, 0.3) is 10.8 Å². The van der Waals surface area contributed by atoms with Crippen molar-refractivity contribution in [3.05, 3.63) is 70.8 Å². The minimum absolute atomic E-state index is 0.139. The molecule has 0 fully saturated rings. The zero-order chi connectivity index (χ0) is 27.5. The number of anilines is 2. The predicted molar refractivity (Wildman–Crippen MR) is 146 cm³/mol. The van der Waals surface area contributed by atoms with Crippen LogP contribution < -0.4 is 16.0 Å². The van der Waals surface area contributed by atoms with Crippen LogP contribution in [0.5, 0.6) is 0 Å². The normalized spacial score (nSPS) is 13.1. The predicted octanol–water partition coefficient (Wildman–Crippen LogP) is 5.80. The monoisotopic (exact) mass is 505 g/mol. The van der Waals surface area contributed by atoms with E-state index in [1.807, 2.05) is 77.9 Å². The molecular weight excluding hydrogens is 470 g/mol. The lowest BCUT2D eigenvalue weighted by Crippen LogP contribution is -2.50. The van der Waals surface area contributed by atoms with Gasteiger partial charge in [-0.2, -0.15) is 0 Å². The smallest absolute Gasteiger partial charge is 0.328 e. The molecular formula is C29H35N3O5. The Morgan fingerprint density at radius 2 is 1.46 bits per heavy atom. The fraction of sp³-hybridized carbons (Fsp3) is 0.345. The number of aliphatic carboxylic acids is 1. The Kier molecular flexibility index (Phi) is 8.23. The molecule has 0 radical (unpaired) electrons. The standard InChI is InChI=1S/C29H35N3O5/c1-16-12-17(2)24(18(3)13-16)32-28(36)30-23-15-21-11-9-8-10-20(21)14-22(23)26(33)31-25(27(34)35)19(4)37-29(5,6)7/h8-15,19,25H,1-7H3,(H,31,33)(H,34,35)(H2,30,32,36)/t19?,25-/m0/s1. The summed E-state index contributed by atoms with van der Waals surface area (Å²) in [6, 6.07) is 12.9. The van der Waals surface area contributed by atoms with Gasteiger partial charge in [-0.25, -0.2) is 9.59 Å². The number of fused-ring (bicyclic) bond motifs is 1. The molecule has 2 atom stereocenters. The largest absolute Gasteiger partial charge is 0.480 e. The van der Waals surface area contributed by atoms with Crippen molar-refractivity contribution in [3.8, 4) is 0 Å². The van der Waals surface area contributed by atoms with E-state index >= 15 is 0 Å². The highest BCUT2D eigenvalue weighted by Crippen LogP contribution is 2.26. The van der Waals surface area contributed by atoms with Gasteiger partial charge in [-0.05, 0) is 82.5 Å². The second kappa shape index (κ2) is 11.0. The molecule has 3 aromatic carbocycles. The SMILES string of the molecule is Cc1cc(C)c(NC(=O)Nc2cc3ccccc3cc2C(=O)N[C@H](C(=O)O)C(C)OC(C)(C)C)c(C)c1. The fourth-order valence-corrected chi connectivity index (χ4v) is 4.40. The number of aryl methyl sites for hydroxylation is 3. The number of urea groups is 1. The molecule has 0 saturated carbocycles. The van der Waals surface area contributed by atoms with Crippen molar-refractivity contribution in [1.29, 1.82) is 0 Å². The fourth-order valence-electron chi connectivity index (χ4n) is 4.40. The molecule has 4 N–H and O–H groups in total. The maximum absolute atomic E-state index is 13.4. The summed E-state index contributed by atoms with van der Waals surface area (Å²) in [6.45, 7) is 12.9. The van der Waals surface area contributed by atoms with Gasteiger partial charge in [0.1, 0.15) is 0 Å². The van der Waals surface area contributed by atoms with Gasteiger partial charge in [-0.1, -0.05) is 42.0 Å². The zero-order valence-corrected chi connectivity index (χ0v) is 22.4. The zero-order valence-electron chi connectivity index (χ0n) is 22.4. The molecule has 0 aromatic heterocycles. The van der Waals surface area contributed by atoms with Crippen molar-refractivity contribution in [2.45, 2.75) is 66.2 Å². The second-order valence-corrected chi connectivity index (χ2v) is 10.3. The Morgan fingerprint density at radius 3 is 2.00 bits per heavy atom. The van der Waals surface area contributed by atoms with Crippen LogP contribution in [0, 0.1) is 20.8 Å². The molecule has 3 amide bonds.